The molecule has 3 aromatic rings. The summed E-state index contributed by atoms with van der Waals surface area (Å²) in [4.78, 5) is 0. The van der Waals surface area contributed by atoms with E-state index in [0.717, 1.165) is 11.8 Å². The molecule has 0 spiro atoms. The van der Waals surface area contributed by atoms with Crippen molar-refractivity contribution in [1.29, 1.82) is 0 Å². The Morgan fingerprint density at radius 2 is 1.73 bits per heavy atom. The van der Waals surface area contributed by atoms with E-state index in [0.29, 0.717) is 33.9 Å². The minimum atomic E-state index is -3.28. The van der Waals surface area contributed by atoms with Crippen molar-refractivity contribution in [3.8, 4) is 17.2 Å². The predicted octanol–water partition coefficient (Wildman–Crippen LogP) is 3.39. The maximum Gasteiger partial charge on any atom is 0.208 e. The average Bonchev–Trinajstić information content (AvgIpc) is 3.20. The van der Waals surface area contributed by atoms with E-state index in [9.17, 15) is 12.8 Å². The SMILES string of the molecule is COc1ccc(C(C)(C)c2nnc(SCCNS(C)(=O)=O)n2-c2ccc(F)cc2)cc1OC. The Morgan fingerprint density at radius 3 is 2.33 bits per heavy atom. The molecule has 1 aromatic heterocycles. The fourth-order valence-electron chi connectivity index (χ4n) is 3.31. The van der Waals surface area contributed by atoms with Crippen LogP contribution in [0.2, 0.25) is 0 Å². The van der Waals surface area contributed by atoms with Gasteiger partial charge in [-0.15, -0.1) is 10.2 Å². The fourth-order valence-corrected chi connectivity index (χ4v) is 4.72. The highest BCUT2D eigenvalue weighted by Crippen LogP contribution is 2.38. The van der Waals surface area contributed by atoms with Crippen molar-refractivity contribution in [2.75, 3.05) is 32.8 Å². The fraction of sp³-hybridized carbons (Fsp3) is 0.364. The van der Waals surface area contributed by atoms with Crippen LogP contribution in [0.1, 0.15) is 25.2 Å². The number of benzene rings is 2. The first-order valence-corrected chi connectivity index (χ1v) is 13.0. The zero-order valence-electron chi connectivity index (χ0n) is 19.1. The van der Waals surface area contributed by atoms with E-state index in [4.69, 9.17) is 9.47 Å². The second-order valence-corrected chi connectivity index (χ2v) is 10.7. The van der Waals surface area contributed by atoms with Gasteiger partial charge in [-0.1, -0.05) is 17.8 Å². The van der Waals surface area contributed by atoms with Gasteiger partial charge in [0.2, 0.25) is 10.0 Å². The minimum absolute atomic E-state index is 0.244. The monoisotopic (exact) mass is 494 g/mol. The summed E-state index contributed by atoms with van der Waals surface area (Å²) in [5.41, 5.74) is 1.01. The van der Waals surface area contributed by atoms with E-state index in [1.165, 1.54) is 23.9 Å². The highest BCUT2D eigenvalue weighted by Gasteiger charge is 2.32. The van der Waals surface area contributed by atoms with Gasteiger partial charge in [-0.3, -0.25) is 4.57 Å². The molecular formula is C22H27FN4O4S2. The van der Waals surface area contributed by atoms with Crippen molar-refractivity contribution in [2.24, 2.45) is 0 Å². The molecule has 11 heteroatoms. The number of rotatable bonds is 10. The van der Waals surface area contributed by atoms with E-state index >= 15 is 0 Å². The first-order valence-electron chi connectivity index (χ1n) is 10.1. The molecule has 0 radical (unpaired) electrons. The van der Waals surface area contributed by atoms with Gasteiger partial charge in [0.05, 0.1) is 25.9 Å². The van der Waals surface area contributed by atoms with Gasteiger partial charge in [-0.05, 0) is 55.8 Å². The second kappa shape index (κ2) is 10.1. The largest absolute Gasteiger partial charge is 0.493 e. The average molecular weight is 495 g/mol. The summed E-state index contributed by atoms with van der Waals surface area (Å²) in [7, 11) is -0.124. The molecule has 0 unspecified atom stereocenters. The molecule has 2 aromatic carbocycles. The maximum absolute atomic E-state index is 13.6. The zero-order chi connectivity index (χ0) is 24.2. The van der Waals surface area contributed by atoms with E-state index in [1.54, 1.807) is 26.4 Å². The van der Waals surface area contributed by atoms with Crippen molar-refractivity contribution < 1.29 is 22.3 Å². The number of ether oxygens (including phenoxy) is 2. The van der Waals surface area contributed by atoms with Crippen LogP contribution in [-0.2, 0) is 15.4 Å². The Morgan fingerprint density at radius 1 is 1.06 bits per heavy atom. The number of nitrogens with one attached hydrogen (secondary N) is 1. The Bertz CT molecular complexity index is 1210. The van der Waals surface area contributed by atoms with Crippen molar-refractivity contribution >= 4 is 21.8 Å². The summed E-state index contributed by atoms with van der Waals surface area (Å²) in [6.07, 6.45) is 1.11. The van der Waals surface area contributed by atoms with Gasteiger partial charge in [-0.2, -0.15) is 0 Å². The Balaban J connectivity index is 2.03. The molecule has 33 heavy (non-hydrogen) atoms. The molecule has 0 aliphatic rings. The van der Waals surface area contributed by atoms with E-state index in [-0.39, 0.29) is 12.4 Å². The molecular weight excluding hydrogens is 467 g/mol. The molecule has 1 heterocycles. The molecule has 0 fully saturated rings. The molecule has 0 aliphatic heterocycles. The minimum Gasteiger partial charge on any atom is -0.493 e. The second-order valence-electron chi connectivity index (χ2n) is 7.83. The summed E-state index contributed by atoms with van der Waals surface area (Å²) in [5, 5.41) is 9.41. The van der Waals surface area contributed by atoms with Gasteiger partial charge in [0, 0.05) is 18.0 Å². The third-order valence-corrected chi connectivity index (χ3v) is 6.74. The number of aromatic nitrogens is 3. The molecule has 0 atom stereocenters. The summed E-state index contributed by atoms with van der Waals surface area (Å²) >= 11 is 1.36. The number of methoxy groups -OCH3 is 2. The van der Waals surface area contributed by atoms with E-state index < -0.39 is 15.4 Å². The lowest BCUT2D eigenvalue weighted by atomic mass is 9.83. The molecule has 1 N–H and O–H groups in total. The van der Waals surface area contributed by atoms with Crippen LogP contribution in [-0.4, -0.2) is 56.0 Å². The third-order valence-electron chi connectivity index (χ3n) is 5.08. The van der Waals surface area contributed by atoms with Gasteiger partial charge in [0.1, 0.15) is 11.6 Å². The van der Waals surface area contributed by atoms with Gasteiger partial charge < -0.3 is 9.47 Å². The van der Waals surface area contributed by atoms with Gasteiger partial charge in [0.25, 0.3) is 0 Å². The molecule has 0 amide bonds. The van der Waals surface area contributed by atoms with Crippen LogP contribution in [0, 0.1) is 5.82 Å². The van der Waals surface area contributed by atoms with Crippen LogP contribution in [0.5, 0.6) is 11.5 Å². The molecule has 178 valence electrons. The standard InChI is InChI=1S/C22H27FN4O4S2/c1-22(2,15-6-11-18(30-3)19(14-15)31-4)20-25-26-21(32-13-12-24-33(5,28)29)27(20)17-9-7-16(23)8-10-17/h6-11,14,24H,12-13H2,1-5H3. The topological polar surface area (TPSA) is 95.3 Å². The Hall–Kier alpha value is -2.63. The lowest BCUT2D eigenvalue weighted by Crippen LogP contribution is -2.25. The third kappa shape index (κ3) is 5.84. The van der Waals surface area contributed by atoms with Crippen LogP contribution in [0.3, 0.4) is 0 Å². The molecule has 3 rings (SSSR count). The first-order chi connectivity index (χ1) is 15.6. The normalized spacial score (nSPS) is 12.1. The Kier molecular flexibility index (Phi) is 7.65. The van der Waals surface area contributed by atoms with Crippen LogP contribution in [0.4, 0.5) is 4.39 Å². The van der Waals surface area contributed by atoms with Crippen molar-refractivity contribution in [3.63, 3.8) is 0 Å². The highest BCUT2D eigenvalue weighted by molar-refractivity contribution is 7.99. The molecule has 0 saturated heterocycles. The van der Waals surface area contributed by atoms with Crippen LogP contribution < -0.4 is 14.2 Å². The quantitative estimate of drug-likeness (QED) is 0.341. The summed E-state index contributed by atoms with van der Waals surface area (Å²) in [6, 6.07) is 11.7. The molecule has 0 saturated carbocycles. The van der Waals surface area contributed by atoms with Crippen LogP contribution in [0.25, 0.3) is 5.69 Å². The van der Waals surface area contributed by atoms with Gasteiger partial charge in [-0.25, -0.2) is 17.5 Å². The lowest BCUT2D eigenvalue weighted by molar-refractivity contribution is 0.353. The van der Waals surface area contributed by atoms with Crippen molar-refractivity contribution in [1.82, 2.24) is 19.5 Å². The number of hydrogen-bond acceptors (Lipinski definition) is 7. The number of nitrogens with zero attached hydrogens (tertiary/aromatic N) is 3. The summed E-state index contributed by atoms with van der Waals surface area (Å²) in [5.74, 6) is 1.95. The summed E-state index contributed by atoms with van der Waals surface area (Å²) in [6.45, 7) is 4.27. The Labute approximate surface area is 197 Å². The van der Waals surface area contributed by atoms with E-state index in [1.807, 2.05) is 36.6 Å². The lowest BCUT2D eigenvalue weighted by Gasteiger charge is -2.26. The smallest absolute Gasteiger partial charge is 0.208 e. The van der Waals surface area contributed by atoms with Crippen molar-refractivity contribution in [3.05, 3.63) is 59.7 Å². The van der Waals surface area contributed by atoms with Gasteiger partial charge >= 0.3 is 0 Å². The number of hydrogen-bond donors (Lipinski definition) is 1. The highest BCUT2D eigenvalue weighted by atomic mass is 32.2. The predicted molar refractivity (Wildman–Crippen MR) is 127 cm³/mol. The number of sulfonamides is 1. The summed E-state index contributed by atoms with van der Waals surface area (Å²) < 4.78 is 51.4. The van der Waals surface area contributed by atoms with Crippen LogP contribution >= 0.6 is 11.8 Å². The molecule has 0 aliphatic carbocycles. The molecule has 8 nitrogen and oxygen atoms in total. The first kappa shape index (κ1) is 25.0. The van der Waals surface area contributed by atoms with Crippen LogP contribution in [0.15, 0.2) is 47.6 Å². The van der Waals surface area contributed by atoms with Crippen molar-refractivity contribution in [2.45, 2.75) is 24.4 Å². The van der Waals surface area contributed by atoms with Gasteiger partial charge in [0.15, 0.2) is 16.7 Å². The molecule has 0 bridgehead atoms. The maximum atomic E-state index is 13.6. The number of thioether (sulfide) groups is 1. The van der Waals surface area contributed by atoms with E-state index in [2.05, 4.69) is 14.9 Å². The number of halogens is 1. The zero-order valence-corrected chi connectivity index (χ0v) is 20.8.